The zero-order chi connectivity index (χ0) is 13.5. The van der Waals surface area contributed by atoms with E-state index in [2.05, 4.69) is 23.2 Å². The highest BCUT2D eigenvalue weighted by Gasteiger charge is 2.14. The summed E-state index contributed by atoms with van der Waals surface area (Å²) in [5.74, 6) is -2.50. The number of nitrogens with one attached hydrogen (secondary N) is 1. The number of hydrogen-bond acceptors (Lipinski definition) is 3. The Labute approximate surface area is 103 Å². The summed E-state index contributed by atoms with van der Waals surface area (Å²) in [7, 11) is 0. The van der Waals surface area contributed by atoms with Crippen molar-refractivity contribution in [3.8, 4) is 0 Å². The highest BCUT2D eigenvalue weighted by molar-refractivity contribution is 5.80. The number of aliphatic carboxylic acids is 2. The zero-order valence-corrected chi connectivity index (χ0v) is 9.54. The highest BCUT2D eigenvalue weighted by atomic mass is 16.4. The Hall–Kier alpha value is -2.34. The van der Waals surface area contributed by atoms with Crippen molar-refractivity contribution >= 4 is 22.8 Å². The Bertz CT molecular complexity index is 505. The summed E-state index contributed by atoms with van der Waals surface area (Å²) >= 11 is 0. The third-order valence-electron chi connectivity index (χ3n) is 2.17. The molecule has 2 aromatic rings. The second kappa shape index (κ2) is 6.41. The van der Waals surface area contributed by atoms with Gasteiger partial charge in [0.2, 0.25) is 0 Å². The summed E-state index contributed by atoms with van der Waals surface area (Å²) in [6.07, 6.45) is 1.42. The quantitative estimate of drug-likeness (QED) is 0.649. The zero-order valence-electron chi connectivity index (χ0n) is 9.54. The van der Waals surface area contributed by atoms with Crippen LogP contribution in [0.25, 0.3) is 10.9 Å². The number of carboxylic acids is 2. The number of aromatic amines is 1. The van der Waals surface area contributed by atoms with E-state index >= 15 is 0 Å². The number of carboxylic acid groups (broad SMARTS) is 2. The molecule has 6 nitrogen and oxygen atoms in total. The minimum Gasteiger partial charge on any atom is -0.481 e. The van der Waals surface area contributed by atoms with Crippen LogP contribution >= 0.6 is 0 Å². The summed E-state index contributed by atoms with van der Waals surface area (Å²) in [6, 6.07) is 8.99. The molecule has 1 aromatic heterocycles. The van der Waals surface area contributed by atoms with Gasteiger partial charge in [-0.3, -0.25) is 9.59 Å². The van der Waals surface area contributed by atoms with Crippen molar-refractivity contribution in [2.24, 2.45) is 5.73 Å². The number of H-pyrrole nitrogens is 1. The summed E-state index contributed by atoms with van der Waals surface area (Å²) in [4.78, 5) is 22.7. The average molecular weight is 250 g/mol. The van der Waals surface area contributed by atoms with Crippen molar-refractivity contribution in [1.82, 2.24) is 4.98 Å². The molecule has 2 rings (SSSR count). The number of aromatic nitrogens is 1. The molecule has 0 aliphatic rings. The molecule has 6 heteroatoms. The first-order chi connectivity index (χ1) is 8.50. The van der Waals surface area contributed by atoms with Crippen molar-refractivity contribution in [3.05, 3.63) is 36.5 Å². The Morgan fingerprint density at radius 2 is 1.89 bits per heavy atom. The molecule has 1 aromatic carbocycles. The molecule has 5 N–H and O–H groups in total. The molecular formula is C12H14N2O4. The smallest absolute Gasteiger partial charge is 0.321 e. The molecule has 0 radical (unpaired) electrons. The minimum absolute atomic E-state index is 0.532. The van der Waals surface area contributed by atoms with E-state index in [1.807, 2.05) is 18.3 Å². The van der Waals surface area contributed by atoms with Gasteiger partial charge >= 0.3 is 11.9 Å². The van der Waals surface area contributed by atoms with Crippen LogP contribution in [-0.2, 0) is 9.59 Å². The first-order valence-corrected chi connectivity index (χ1v) is 5.23. The normalized spacial score (nSPS) is 11.4. The fourth-order valence-electron chi connectivity index (χ4n) is 1.27. The third kappa shape index (κ3) is 4.26. The molecule has 0 fully saturated rings. The molecule has 0 spiro atoms. The van der Waals surface area contributed by atoms with Gasteiger partial charge in [-0.2, -0.15) is 0 Å². The predicted molar refractivity (Wildman–Crippen MR) is 66.2 cm³/mol. The van der Waals surface area contributed by atoms with Gasteiger partial charge in [0.1, 0.15) is 6.04 Å². The Balaban J connectivity index is 0.000000180. The summed E-state index contributed by atoms with van der Waals surface area (Å²) in [5.41, 5.74) is 6.04. The van der Waals surface area contributed by atoms with Crippen LogP contribution < -0.4 is 5.73 Å². The molecule has 1 heterocycles. The van der Waals surface area contributed by atoms with Gasteiger partial charge < -0.3 is 20.9 Å². The van der Waals surface area contributed by atoms with Crippen LogP contribution in [0.2, 0.25) is 0 Å². The number of nitrogens with two attached hydrogens (primary N) is 1. The van der Waals surface area contributed by atoms with Crippen LogP contribution in [0, 0.1) is 0 Å². The summed E-state index contributed by atoms with van der Waals surface area (Å²) < 4.78 is 0. The van der Waals surface area contributed by atoms with Gasteiger partial charge in [-0.1, -0.05) is 18.2 Å². The first-order valence-electron chi connectivity index (χ1n) is 5.23. The Kier molecular flexibility index (Phi) is 4.89. The van der Waals surface area contributed by atoms with Gasteiger partial charge in [0.15, 0.2) is 0 Å². The molecule has 0 saturated carbocycles. The average Bonchev–Trinajstić information content (AvgIpc) is 2.76. The van der Waals surface area contributed by atoms with E-state index in [0.29, 0.717) is 0 Å². The van der Waals surface area contributed by atoms with Crippen molar-refractivity contribution < 1.29 is 19.8 Å². The van der Waals surface area contributed by atoms with E-state index < -0.39 is 24.4 Å². The van der Waals surface area contributed by atoms with Gasteiger partial charge in [-0.25, -0.2) is 0 Å². The van der Waals surface area contributed by atoms with Gasteiger partial charge in [0.25, 0.3) is 0 Å². The SMILES string of the molecule is N[C@@H](CC(=O)O)C(=O)O.c1ccc2[nH]ccc2c1. The highest BCUT2D eigenvalue weighted by Crippen LogP contribution is 2.09. The van der Waals surface area contributed by atoms with Crippen LogP contribution in [0.4, 0.5) is 0 Å². The lowest BCUT2D eigenvalue weighted by Gasteiger charge is -1.99. The Morgan fingerprint density at radius 1 is 1.22 bits per heavy atom. The van der Waals surface area contributed by atoms with E-state index in [0.717, 1.165) is 0 Å². The number of hydrogen-bond donors (Lipinski definition) is 4. The van der Waals surface area contributed by atoms with Crippen LogP contribution in [0.1, 0.15) is 6.42 Å². The maximum absolute atomic E-state index is 9.85. The molecule has 0 aliphatic carbocycles. The molecule has 0 unspecified atom stereocenters. The van der Waals surface area contributed by atoms with Crippen molar-refractivity contribution in [2.75, 3.05) is 0 Å². The lowest BCUT2D eigenvalue weighted by Crippen LogP contribution is -2.32. The topological polar surface area (TPSA) is 116 Å². The number of para-hydroxylation sites is 1. The van der Waals surface area contributed by atoms with Crippen molar-refractivity contribution in [1.29, 1.82) is 0 Å². The molecule has 18 heavy (non-hydrogen) atoms. The van der Waals surface area contributed by atoms with E-state index in [1.165, 1.54) is 10.9 Å². The molecule has 96 valence electrons. The second-order valence-electron chi connectivity index (χ2n) is 3.61. The lowest BCUT2D eigenvalue weighted by molar-refractivity contribution is -0.144. The molecule has 1 atom stereocenters. The van der Waals surface area contributed by atoms with Crippen LogP contribution in [0.5, 0.6) is 0 Å². The largest absolute Gasteiger partial charge is 0.481 e. The van der Waals surface area contributed by atoms with Crippen molar-refractivity contribution in [3.63, 3.8) is 0 Å². The van der Waals surface area contributed by atoms with E-state index in [1.54, 1.807) is 0 Å². The molecular weight excluding hydrogens is 236 g/mol. The van der Waals surface area contributed by atoms with Crippen molar-refractivity contribution in [2.45, 2.75) is 12.5 Å². The third-order valence-corrected chi connectivity index (χ3v) is 2.17. The van der Waals surface area contributed by atoms with Crippen LogP contribution in [-0.4, -0.2) is 33.2 Å². The fraction of sp³-hybridized carbons (Fsp3) is 0.167. The van der Waals surface area contributed by atoms with E-state index in [4.69, 9.17) is 15.9 Å². The first kappa shape index (κ1) is 13.7. The second-order valence-corrected chi connectivity index (χ2v) is 3.61. The van der Waals surface area contributed by atoms with Crippen LogP contribution in [0.3, 0.4) is 0 Å². The number of benzene rings is 1. The minimum atomic E-state index is -1.29. The molecule has 0 aliphatic heterocycles. The maximum Gasteiger partial charge on any atom is 0.321 e. The Morgan fingerprint density at radius 3 is 2.39 bits per heavy atom. The molecule has 0 saturated heterocycles. The lowest BCUT2D eigenvalue weighted by atomic mass is 10.2. The van der Waals surface area contributed by atoms with Gasteiger partial charge in [0, 0.05) is 11.7 Å². The van der Waals surface area contributed by atoms with Gasteiger partial charge in [0.05, 0.1) is 6.42 Å². The monoisotopic (exact) mass is 250 g/mol. The van der Waals surface area contributed by atoms with Gasteiger partial charge in [-0.15, -0.1) is 0 Å². The standard InChI is InChI=1S/C8H7N.C4H7NO4/c1-2-4-8-7(3-1)5-6-9-8;5-2(4(8)9)1-3(6)7/h1-6,9H;2H,1,5H2,(H,6,7)(H,8,9)/t;2-/m.0/s1. The summed E-state index contributed by atoms with van der Waals surface area (Å²) in [5, 5.41) is 17.3. The van der Waals surface area contributed by atoms with E-state index in [-0.39, 0.29) is 0 Å². The number of rotatable bonds is 3. The molecule has 0 bridgehead atoms. The van der Waals surface area contributed by atoms with Gasteiger partial charge in [-0.05, 0) is 17.5 Å². The van der Waals surface area contributed by atoms with Crippen LogP contribution in [0.15, 0.2) is 36.5 Å². The fourth-order valence-corrected chi connectivity index (χ4v) is 1.27. The van der Waals surface area contributed by atoms with E-state index in [9.17, 15) is 9.59 Å². The summed E-state index contributed by atoms with van der Waals surface area (Å²) in [6.45, 7) is 0. The number of carbonyl (C=O) groups is 2. The maximum atomic E-state index is 9.85. The molecule has 0 amide bonds. The number of fused-ring (bicyclic) bond motifs is 1. The predicted octanol–water partition coefficient (Wildman–Crippen LogP) is 1.04.